The van der Waals surface area contributed by atoms with Crippen LogP contribution in [-0.4, -0.2) is 32.8 Å². The molecule has 1 aliphatic heterocycles. The molecule has 1 saturated carbocycles. The van der Waals surface area contributed by atoms with E-state index in [1.54, 1.807) is 0 Å². The maximum absolute atomic E-state index is 12.0. The number of nitrogens with one attached hydrogen (secondary N) is 2. The highest BCUT2D eigenvalue weighted by molar-refractivity contribution is 5.81. The lowest BCUT2D eigenvalue weighted by Crippen LogP contribution is -2.35. The molecule has 6 nitrogen and oxygen atoms in total. The molecule has 1 atom stereocenters. The van der Waals surface area contributed by atoms with Crippen molar-refractivity contribution in [2.24, 2.45) is 0 Å². The highest BCUT2D eigenvalue weighted by Gasteiger charge is 2.35. The number of nitrogens with zero attached hydrogens (tertiary/aromatic N) is 2. The lowest BCUT2D eigenvalue weighted by molar-refractivity contribution is -0.135. The summed E-state index contributed by atoms with van der Waals surface area (Å²) in [4.78, 5) is 16.3. The van der Waals surface area contributed by atoms with Crippen LogP contribution in [0, 0.1) is 0 Å². The van der Waals surface area contributed by atoms with Crippen LogP contribution in [0.15, 0.2) is 0 Å². The minimum atomic E-state index is -0.333. The molecule has 104 valence electrons. The molecule has 0 bridgehead atoms. The smallest absolute Gasteiger partial charge is 0.249 e. The molecule has 1 amide bonds. The van der Waals surface area contributed by atoms with Crippen LogP contribution in [0.1, 0.15) is 57.1 Å². The third-order valence-corrected chi connectivity index (χ3v) is 3.68. The third-order valence-electron chi connectivity index (χ3n) is 3.68. The fourth-order valence-corrected chi connectivity index (χ4v) is 2.36. The maximum Gasteiger partial charge on any atom is 0.249 e. The van der Waals surface area contributed by atoms with E-state index in [4.69, 9.17) is 4.74 Å². The zero-order chi connectivity index (χ0) is 13.5. The monoisotopic (exact) mass is 264 g/mol. The van der Waals surface area contributed by atoms with E-state index >= 15 is 0 Å². The van der Waals surface area contributed by atoms with Crippen molar-refractivity contribution in [3.8, 4) is 0 Å². The number of carbonyl (C=O) groups is 1. The molecule has 1 aliphatic carbocycles. The van der Waals surface area contributed by atoms with Crippen molar-refractivity contribution in [3.05, 3.63) is 11.6 Å². The van der Waals surface area contributed by atoms with Crippen molar-refractivity contribution in [3.63, 3.8) is 0 Å². The molecule has 1 aromatic rings. The number of hydrogen-bond donors (Lipinski definition) is 2. The zero-order valence-electron chi connectivity index (χ0n) is 11.4. The van der Waals surface area contributed by atoms with Gasteiger partial charge in [-0.3, -0.25) is 9.89 Å². The fraction of sp³-hybridized carbons (Fsp3) is 0.769. The van der Waals surface area contributed by atoms with Crippen LogP contribution < -0.4 is 5.32 Å². The molecule has 1 aromatic heterocycles. The molecule has 2 fully saturated rings. The van der Waals surface area contributed by atoms with Crippen molar-refractivity contribution in [2.45, 2.75) is 63.7 Å². The van der Waals surface area contributed by atoms with Gasteiger partial charge in [0, 0.05) is 5.92 Å². The molecule has 6 heteroatoms. The summed E-state index contributed by atoms with van der Waals surface area (Å²) < 4.78 is 5.69. The molecular weight excluding hydrogens is 244 g/mol. The highest BCUT2D eigenvalue weighted by Crippen LogP contribution is 2.37. The molecule has 0 spiro atoms. The van der Waals surface area contributed by atoms with Gasteiger partial charge in [-0.2, -0.15) is 5.10 Å². The van der Waals surface area contributed by atoms with E-state index in [2.05, 4.69) is 20.5 Å². The van der Waals surface area contributed by atoms with Crippen LogP contribution in [0.25, 0.3) is 0 Å². The summed E-state index contributed by atoms with van der Waals surface area (Å²) >= 11 is 0. The van der Waals surface area contributed by atoms with Crippen LogP contribution in [0.4, 0.5) is 0 Å². The molecule has 2 N–H and O–H groups in total. The van der Waals surface area contributed by atoms with Crippen molar-refractivity contribution >= 4 is 5.91 Å². The molecule has 0 aromatic carbocycles. The minimum Gasteiger partial charge on any atom is -0.363 e. The first-order valence-corrected chi connectivity index (χ1v) is 6.90. The van der Waals surface area contributed by atoms with Crippen LogP contribution in [0.2, 0.25) is 0 Å². The molecule has 0 radical (unpaired) electrons. The van der Waals surface area contributed by atoms with Crippen molar-refractivity contribution in [2.75, 3.05) is 0 Å². The molecule has 2 heterocycles. The summed E-state index contributed by atoms with van der Waals surface area (Å²) in [6.07, 6.45) is 3.71. The van der Waals surface area contributed by atoms with Gasteiger partial charge < -0.3 is 10.1 Å². The fourth-order valence-electron chi connectivity index (χ4n) is 2.36. The number of aromatic nitrogens is 3. The van der Waals surface area contributed by atoms with Gasteiger partial charge in [0.15, 0.2) is 5.82 Å². The van der Waals surface area contributed by atoms with E-state index in [-0.39, 0.29) is 17.6 Å². The highest BCUT2D eigenvalue weighted by atomic mass is 16.5. The number of carbonyl (C=O) groups excluding carboxylic acids is 1. The second-order valence-corrected chi connectivity index (χ2v) is 6.04. The first-order chi connectivity index (χ1) is 9.03. The molecular formula is C13H20N4O2. The minimum absolute atomic E-state index is 0.0602. The number of rotatable bonds is 4. The summed E-state index contributed by atoms with van der Waals surface area (Å²) in [5.41, 5.74) is -0.187. The van der Waals surface area contributed by atoms with Gasteiger partial charge >= 0.3 is 0 Å². The second kappa shape index (κ2) is 4.59. The van der Waals surface area contributed by atoms with E-state index in [1.165, 1.54) is 12.8 Å². The van der Waals surface area contributed by atoms with E-state index in [1.807, 2.05) is 13.8 Å². The zero-order valence-corrected chi connectivity index (χ0v) is 11.4. The number of amides is 1. The predicted octanol–water partition coefficient (Wildman–Crippen LogP) is 1.26. The summed E-state index contributed by atoms with van der Waals surface area (Å²) in [7, 11) is 0. The average Bonchev–Trinajstić information content (AvgIpc) is 2.99. The Morgan fingerprint density at radius 3 is 2.89 bits per heavy atom. The molecule has 1 saturated heterocycles. The normalized spacial score (nSPS) is 25.5. The predicted molar refractivity (Wildman–Crippen MR) is 68.4 cm³/mol. The Labute approximate surface area is 112 Å². The van der Waals surface area contributed by atoms with Crippen LogP contribution >= 0.6 is 0 Å². The average molecular weight is 264 g/mol. The number of ether oxygens (including phenoxy) is 1. The van der Waals surface area contributed by atoms with Gasteiger partial charge in [0.25, 0.3) is 0 Å². The third kappa shape index (κ3) is 2.94. The Kier molecular flexibility index (Phi) is 3.05. The van der Waals surface area contributed by atoms with Crippen molar-refractivity contribution < 1.29 is 9.53 Å². The van der Waals surface area contributed by atoms with E-state index in [0.717, 1.165) is 18.7 Å². The summed E-state index contributed by atoms with van der Waals surface area (Å²) in [6, 6.07) is 0. The lowest BCUT2D eigenvalue weighted by atomic mass is 10.1. The standard InChI is InChI=1S/C13H20N4O2/c1-13(2)6-5-9(19-13)12(18)14-7-10-15-11(17-16-10)8-3-4-8/h8-9H,3-7H2,1-2H3,(H,14,18)(H,15,16,17). The Morgan fingerprint density at radius 1 is 1.47 bits per heavy atom. The SMILES string of the molecule is CC1(C)CCC(C(=O)NCc2nc(C3CC3)n[nH]2)O1. The topological polar surface area (TPSA) is 79.9 Å². The second-order valence-electron chi connectivity index (χ2n) is 6.04. The number of aromatic amines is 1. The van der Waals surface area contributed by atoms with Crippen LogP contribution in [0.3, 0.4) is 0 Å². The number of H-pyrrole nitrogens is 1. The molecule has 1 unspecified atom stereocenters. The largest absolute Gasteiger partial charge is 0.363 e. The van der Waals surface area contributed by atoms with E-state index < -0.39 is 0 Å². The molecule has 2 aliphatic rings. The van der Waals surface area contributed by atoms with Gasteiger partial charge in [-0.1, -0.05) is 0 Å². The Hall–Kier alpha value is -1.43. The van der Waals surface area contributed by atoms with E-state index in [0.29, 0.717) is 18.3 Å². The van der Waals surface area contributed by atoms with Crippen LogP contribution in [-0.2, 0) is 16.1 Å². The van der Waals surface area contributed by atoms with Gasteiger partial charge in [-0.05, 0) is 39.5 Å². The summed E-state index contributed by atoms with van der Waals surface area (Å²) in [6.45, 7) is 4.41. The lowest BCUT2D eigenvalue weighted by Gasteiger charge is -2.18. The van der Waals surface area contributed by atoms with Crippen LogP contribution in [0.5, 0.6) is 0 Å². The van der Waals surface area contributed by atoms with E-state index in [9.17, 15) is 4.79 Å². The van der Waals surface area contributed by atoms with Gasteiger partial charge in [0.05, 0.1) is 12.1 Å². The summed E-state index contributed by atoms with van der Waals surface area (Å²) in [5, 5.41) is 9.88. The summed E-state index contributed by atoms with van der Waals surface area (Å²) in [5.74, 6) is 2.06. The first kappa shape index (κ1) is 12.6. The van der Waals surface area contributed by atoms with Gasteiger partial charge in [-0.15, -0.1) is 0 Å². The Bertz CT molecular complexity index is 479. The molecule has 19 heavy (non-hydrogen) atoms. The Balaban J connectivity index is 1.49. The Morgan fingerprint density at radius 2 is 2.26 bits per heavy atom. The quantitative estimate of drug-likeness (QED) is 0.858. The van der Waals surface area contributed by atoms with Crippen molar-refractivity contribution in [1.29, 1.82) is 0 Å². The van der Waals surface area contributed by atoms with Gasteiger partial charge in [-0.25, -0.2) is 4.98 Å². The van der Waals surface area contributed by atoms with Gasteiger partial charge in [0.2, 0.25) is 5.91 Å². The number of hydrogen-bond acceptors (Lipinski definition) is 4. The molecule has 3 rings (SSSR count). The maximum atomic E-state index is 12.0. The van der Waals surface area contributed by atoms with Crippen molar-refractivity contribution in [1.82, 2.24) is 20.5 Å². The van der Waals surface area contributed by atoms with Gasteiger partial charge in [0.1, 0.15) is 11.9 Å². The first-order valence-electron chi connectivity index (χ1n) is 6.90.